The lowest BCUT2D eigenvalue weighted by molar-refractivity contribution is 0.590. The van der Waals surface area contributed by atoms with Gasteiger partial charge in [-0.3, -0.25) is 0 Å². The lowest BCUT2D eigenvalue weighted by atomic mass is 9.44. The van der Waals surface area contributed by atoms with Gasteiger partial charge in [0, 0.05) is 81.2 Å². The number of benzene rings is 8. The molecule has 0 amide bonds. The molecule has 0 bridgehead atoms. The molecule has 272 valence electrons. The number of hydrogen-bond acceptors (Lipinski definition) is 4. The summed E-state index contributed by atoms with van der Waals surface area (Å²) < 4.78 is 18.3. The molecule has 2 aliphatic heterocycles. The van der Waals surface area contributed by atoms with Crippen molar-refractivity contribution in [3.05, 3.63) is 151 Å². The molecule has 58 heavy (non-hydrogen) atoms. The molecule has 6 heteroatoms. The molecule has 14 rings (SSSR count). The molecular formula is C52H33BN2O2S. The van der Waals surface area contributed by atoms with Crippen molar-refractivity contribution in [3.63, 3.8) is 0 Å². The normalized spacial score (nSPS) is 13.7. The summed E-state index contributed by atoms with van der Waals surface area (Å²) in [5.41, 5.74) is 16.0. The summed E-state index contributed by atoms with van der Waals surface area (Å²) in [6.45, 7) is 6.78. The van der Waals surface area contributed by atoms with Crippen molar-refractivity contribution < 1.29 is 8.83 Å². The van der Waals surface area contributed by atoms with Gasteiger partial charge in [-0.25, -0.2) is 0 Å². The zero-order valence-corrected chi connectivity index (χ0v) is 32.9. The number of aromatic nitrogens is 1. The van der Waals surface area contributed by atoms with Crippen LogP contribution in [0.25, 0.3) is 103 Å². The zero-order valence-electron chi connectivity index (χ0n) is 32.1. The number of fused-ring (bicyclic) bond motifs is 17. The van der Waals surface area contributed by atoms with Gasteiger partial charge in [-0.2, -0.15) is 0 Å². The summed E-state index contributed by atoms with van der Waals surface area (Å²) in [6.07, 6.45) is 0. The van der Waals surface area contributed by atoms with E-state index in [2.05, 4.69) is 176 Å². The van der Waals surface area contributed by atoms with Crippen molar-refractivity contribution in [1.82, 2.24) is 4.57 Å². The fraction of sp³-hybridized carbons (Fsp3) is 0.0769. The number of thiophene rings is 1. The Morgan fingerprint density at radius 2 is 1.17 bits per heavy atom. The lowest BCUT2D eigenvalue weighted by Crippen LogP contribution is -2.60. The van der Waals surface area contributed by atoms with E-state index in [1.165, 1.54) is 81.1 Å². The van der Waals surface area contributed by atoms with E-state index in [4.69, 9.17) is 8.83 Å². The third-order valence-electron chi connectivity index (χ3n) is 13.1. The van der Waals surface area contributed by atoms with E-state index >= 15 is 0 Å². The van der Waals surface area contributed by atoms with Crippen LogP contribution >= 0.6 is 11.3 Å². The summed E-state index contributed by atoms with van der Waals surface area (Å²) in [4.78, 5) is 2.63. The van der Waals surface area contributed by atoms with Crippen molar-refractivity contribution in [3.8, 4) is 16.8 Å². The van der Waals surface area contributed by atoms with Gasteiger partial charge in [-0.15, -0.1) is 11.3 Å². The first-order valence-electron chi connectivity index (χ1n) is 20.1. The molecule has 0 fully saturated rings. The molecule has 12 aromatic rings. The van der Waals surface area contributed by atoms with Gasteiger partial charge in [0.1, 0.15) is 22.3 Å². The summed E-state index contributed by atoms with van der Waals surface area (Å²) in [5.74, 6) is 0. The van der Waals surface area contributed by atoms with Crippen LogP contribution in [0.4, 0.5) is 11.4 Å². The smallest absolute Gasteiger partial charge is 0.333 e. The van der Waals surface area contributed by atoms with E-state index in [-0.39, 0.29) is 12.3 Å². The molecule has 6 heterocycles. The van der Waals surface area contributed by atoms with E-state index in [0.29, 0.717) is 0 Å². The number of nitrogens with zero attached hydrogens (tertiary/aromatic N) is 2. The monoisotopic (exact) mass is 760 g/mol. The molecule has 0 aliphatic carbocycles. The maximum absolute atomic E-state index is 6.60. The van der Waals surface area contributed by atoms with E-state index in [1.54, 1.807) is 0 Å². The molecule has 0 radical (unpaired) electrons. The predicted octanol–water partition coefficient (Wildman–Crippen LogP) is 13.5. The van der Waals surface area contributed by atoms with Crippen molar-refractivity contribution in [1.29, 1.82) is 0 Å². The van der Waals surface area contributed by atoms with Crippen LogP contribution in [0, 0.1) is 0 Å². The highest BCUT2D eigenvalue weighted by Crippen LogP contribution is 2.49. The molecule has 0 spiro atoms. The van der Waals surface area contributed by atoms with Crippen molar-refractivity contribution in [2.75, 3.05) is 4.81 Å². The quantitative estimate of drug-likeness (QED) is 0.156. The minimum absolute atomic E-state index is 0.0364. The van der Waals surface area contributed by atoms with Crippen LogP contribution < -0.4 is 15.7 Å². The number of para-hydroxylation sites is 2. The molecule has 0 atom stereocenters. The highest BCUT2D eigenvalue weighted by Gasteiger charge is 2.44. The number of anilines is 2. The second kappa shape index (κ2) is 10.6. The van der Waals surface area contributed by atoms with Crippen LogP contribution in [-0.2, 0) is 5.41 Å². The topological polar surface area (TPSA) is 34.5 Å². The van der Waals surface area contributed by atoms with Gasteiger partial charge in [0.05, 0.1) is 11.0 Å². The van der Waals surface area contributed by atoms with Gasteiger partial charge >= 0.3 is 6.85 Å². The molecule has 2 aliphatic rings. The average Bonchev–Trinajstić information content (AvgIpc) is 3.99. The van der Waals surface area contributed by atoms with Crippen molar-refractivity contribution >= 4 is 126 Å². The van der Waals surface area contributed by atoms with Crippen molar-refractivity contribution in [2.45, 2.75) is 26.2 Å². The minimum Gasteiger partial charge on any atom is -0.456 e. The number of furan rings is 2. The van der Waals surface area contributed by atoms with E-state index in [9.17, 15) is 0 Å². The Kier molecular flexibility index (Phi) is 5.73. The Hall–Kier alpha value is -6.76. The Morgan fingerprint density at radius 3 is 1.93 bits per heavy atom. The maximum Gasteiger partial charge on any atom is 0.333 e. The van der Waals surface area contributed by atoms with Crippen LogP contribution in [0.2, 0.25) is 0 Å². The van der Waals surface area contributed by atoms with E-state index in [1.807, 2.05) is 11.3 Å². The predicted molar refractivity (Wildman–Crippen MR) is 246 cm³/mol. The van der Waals surface area contributed by atoms with Crippen LogP contribution in [-0.4, -0.2) is 11.4 Å². The molecular weight excluding hydrogens is 727 g/mol. The van der Waals surface area contributed by atoms with Crippen LogP contribution in [0.1, 0.15) is 26.3 Å². The molecule has 0 saturated carbocycles. The lowest BCUT2D eigenvalue weighted by Gasteiger charge is -2.42. The summed E-state index contributed by atoms with van der Waals surface area (Å²) in [5, 5.41) is 9.65. The van der Waals surface area contributed by atoms with Gasteiger partial charge < -0.3 is 18.2 Å². The standard InChI is InChI=1S/C52H33BN2O2S/c1-52(2,3)28-16-18-29(19-17-28)55-42-23-38-31-11-5-8-14-45(31)56-46(38)25-36(42)33-20-21-34-35-22-37-30-10-4-7-13-44(30)57-47(37)27-41(35)54-43-24-39-32-12-6-9-15-48(32)58-49(39)26-40(43)53(55)50(33)51(34)54/h4-27H,1-3H3. The fourth-order valence-electron chi connectivity index (χ4n) is 10.4. The van der Waals surface area contributed by atoms with Gasteiger partial charge in [-0.05, 0) is 88.1 Å². The van der Waals surface area contributed by atoms with Crippen LogP contribution in [0.15, 0.2) is 154 Å². The SMILES string of the molecule is CC(C)(C)c1ccc(N2B3c4cc5sc6ccccc6c5cc4-n4c5cc6oc7ccccc7c6cc5c5ccc(c3c54)-c3cc4oc5ccccc5c4cc32)cc1. The summed E-state index contributed by atoms with van der Waals surface area (Å²) in [7, 11) is 0. The second-order valence-corrected chi connectivity index (χ2v) is 18.3. The van der Waals surface area contributed by atoms with Crippen molar-refractivity contribution in [2.24, 2.45) is 0 Å². The van der Waals surface area contributed by atoms with E-state index < -0.39 is 0 Å². The molecule has 8 aromatic carbocycles. The highest BCUT2D eigenvalue weighted by atomic mass is 32.1. The average molecular weight is 761 g/mol. The number of rotatable bonds is 1. The van der Waals surface area contributed by atoms with Crippen LogP contribution in [0.5, 0.6) is 0 Å². The summed E-state index contributed by atoms with van der Waals surface area (Å²) >= 11 is 1.89. The first kappa shape index (κ1) is 31.3. The molecule has 4 nitrogen and oxygen atoms in total. The molecule has 0 saturated heterocycles. The Morgan fingerprint density at radius 1 is 0.500 bits per heavy atom. The van der Waals surface area contributed by atoms with Gasteiger partial charge in [0.15, 0.2) is 0 Å². The first-order valence-corrected chi connectivity index (χ1v) is 20.9. The fourth-order valence-corrected chi connectivity index (χ4v) is 11.6. The Labute approximate surface area is 337 Å². The van der Waals surface area contributed by atoms with Gasteiger partial charge in [0.2, 0.25) is 0 Å². The third-order valence-corrected chi connectivity index (χ3v) is 14.2. The third kappa shape index (κ3) is 3.91. The first-order chi connectivity index (χ1) is 28.4. The zero-order chi connectivity index (χ0) is 38.2. The Balaban J connectivity index is 1.17. The summed E-state index contributed by atoms with van der Waals surface area (Å²) in [6, 6.07) is 54.1. The van der Waals surface area contributed by atoms with Gasteiger partial charge in [-0.1, -0.05) is 99.6 Å². The molecule has 4 aromatic heterocycles. The maximum atomic E-state index is 6.60. The molecule has 0 N–H and O–H groups in total. The van der Waals surface area contributed by atoms with Gasteiger partial charge in [0.25, 0.3) is 0 Å². The Bertz CT molecular complexity index is 3800. The highest BCUT2D eigenvalue weighted by molar-refractivity contribution is 7.26. The molecule has 0 unspecified atom stereocenters. The largest absolute Gasteiger partial charge is 0.456 e. The second-order valence-electron chi connectivity index (χ2n) is 17.3. The minimum atomic E-state index is -0.0902. The van der Waals surface area contributed by atoms with E-state index in [0.717, 1.165) is 49.4 Å². The number of hydrogen-bond donors (Lipinski definition) is 0. The van der Waals surface area contributed by atoms with Crippen LogP contribution in [0.3, 0.4) is 0 Å².